The first kappa shape index (κ1) is 19.8. The van der Waals surface area contributed by atoms with Gasteiger partial charge in [0.25, 0.3) is 11.6 Å². The Morgan fingerprint density at radius 2 is 1.82 bits per heavy atom. The van der Waals surface area contributed by atoms with E-state index in [0.717, 1.165) is 12.1 Å². The summed E-state index contributed by atoms with van der Waals surface area (Å²) in [5.41, 5.74) is -5.09. The minimum Gasteiger partial charge on any atom is -0.365 e. The van der Waals surface area contributed by atoms with Gasteiger partial charge in [0.15, 0.2) is 5.72 Å². The lowest BCUT2D eigenvalue weighted by atomic mass is 9.96. The van der Waals surface area contributed by atoms with Crippen molar-refractivity contribution in [1.82, 2.24) is 5.01 Å². The van der Waals surface area contributed by atoms with Gasteiger partial charge in [0.2, 0.25) is 0 Å². The molecular weight excluding hydrogens is 403 g/mol. The fraction of sp³-hybridized carbons (Fsp3) is 0.176. The molecule has 0 bridgehead atoms. The van der Waals surface area contributed by atoms with Gasteiger partial charge in [-0.3, -0.25) is 14.9 Å². The van der Waals surface area contributed by atoms with Crippen LogP contribution in [0.4, 0.5) is 18.9 Å². The van der Waals surface area contributed by atoms with Crippen molar-refractivity contribution in [1.29, 1.82) is 0 Å². The van der Waals surface area contributed by atoms with Crippen molar-refractivity contribution in [3.63, 3.8) is 0 Å². The highest BCUT2D eigenvalue weighted by Gasteiger charge is 2.53. The SMILES string of the molecule is O=C(c1ccccc1[N+](=O)[O-])N1N=C(C(F)(F)F)C[C@]1(O)c1ccc(Cl)cc1. The Balaban J connectivity index is 2.13. The van der Waals surface area contributed by atoms with Crippen LogP contribution in [0.15, 0.2) is 53.6 Å². The van der Waals surface area contributed by atoms with Crippen molar-refractivity contribution in [2.45, 2.75) is 18.3 Å². The Kier molecular flexibility index (Phi) is 4.86. The number of halogens is 4. The summed E-state index contributed by atoms with van der Waals surface area (Å²) in [6, 6.07) is 9.86. The molecule has 1 aliphatic heterocycles. The van der Waals surface area contributed by atoms with Gasteiger partial charge in [0.05, 0.1) is 11.3 Å². The molecule has 1 N–H and O–H groups in total. The maximum Gasteiger partial charge on any atom is 0.431 e. The topological polar surface area (TPSA) is 96.0 Å². The highest BCUT2D eigenvalue weighted by molar-refractivity contribution is 6.30. The lowest BCUT2D eigenvalue weighted by Gasteiger charge is -2.31. The van der Waals surface area contributed by atoms with Crippen molar-refractivity contribution in [2.75, 3.05) is 0 Å². The second-order valence-corrected chi connectivity index (χ2v) is 6.37. The molecule has 1 heterocycles. The van der Waals surface area contributed by atoms with Crippen LogP contribution < -0.4 is 0 Å². The lowest BCUT2D eigenvalue weighted by Crippen LogP contribution is -2.44. The first-order valence-corrected chi connectivity index (χ1v) is 8.13. The Bertz CT molecular complexity index is 978. The van der Waals surface area contributed by atoms with Crippen LogP contribution in [0.5, 0.6) is 0 Å². The van der Waals surface area contributed by atoms with Gasteiger partial charge >= 0.3 is 6.18 Å². The number of carbonyl (C=O) groups is 1. The molecule has 2 aromatic carbocycles. The summed E-state index contributed by atoms with van der Waals surface area (Å²) in [7, 11) is 0. The Morgan fingerprint density at radius 1 is 1.21 bits per heavy atom. The van der Waals surface area contributed by atoms with Crippen molar-refractivity contribution >= 4 is 28.9 Å². The number of amides is 1. The van der Waals surface area contributed by atoms with E-state index in [1.807, 2.05) is 0 Å². The summed E-state index contributed by atoms with van der Waals surface area (Å²) >= 11 is 5.77. The first-order valence-electron chi connectivity index (χ1n) is 7.75. The molecule has 1 amide bonds. The summed E-state index contributed by atoms with van der Waals surface area (Å²) < 4.78 is 39.7. The number of benzene rings is 2. The van der Waals surface area contributed by atoms with Crippen molar-refractivity contribution in [2.24, 2.45) is 5.10 Å². The summed E-state index contributed by atoms with van der Waals surface area (Å²) in [6.45, 7) is 0. The molecule has 1 aliphatic rings. The van der Waals surface area contributed by atoms with Crippen molar-refractivity contribution < 1.29 is 28.0 Å². The number of hydrogen-bond donors (Lipinski definition) is 1. The van der Waals surface area contributed by atoms with E-state index in [0.29, 0.717) is 0 Å². The normalized spacial score (nSPS) is 19.5. The highest BCUT2D eigenvalue weighted by Crippen LogP contribution is 2.41. The summed E-state index contributed by atoms with van der Waals surface area (Å²) in [5.74, 6) is -1.25. The average Bonchev–Trinajstić information content (AvgIpc) is 3.00. The molecule has 0 aliphatic carbocycles. The van der Waals surface area contributed by atoms with Gasteiger partial charge in [-0.05, 0) is 18.2 Å². The predicted molar refractivity (Wildman–Crippen MR) is 92.7 cm³/mol. The number of rotatable bonds is 3. The van der Waals surface area contributed by atoms with Gasteiger partial charge in [0, 0.05) is 16.7 Å². The lowest BCUT2D eigenvalue weighted by molar-refractivity contribution is -0.385. The largest absolute Gasteiger partial charge is 0.431 e. The van der Waals surface area contributed by atoms with E-state index in [9.17, 15) is 33.2 Å². The molecule has 0 aromatic heterocycles. The molecule has 0 fully saturated rings. The standard InChI is InChI=1S/C17H11ClF3N3O4/c18-11-7-5-10(6-8-11)16(26)9-14(17(19,20)21)22-23(16)15(25)12-3-1-2-4-13(12)24(27)28/h1-8,26H,9H2/t16-/m0/s1. The molecule has 0 spiro atoms. The maximum atomic E-state index is 13.2. The van der Waals surface area contributed by atoms with E-state index in [1.54, 1.807) is 0 Å². The van der Waals surface area contributed by atoms with E-state index in [4.69, 9.17) is 11.6 Å². The number of aliphatic hydroxyl groups is 1. The summed E-state index contributed by atoms with van der Waals surface area (Å²) in [4.78, 5) is 23.2. The smallest absolute Gasteiger partial charge is 0.365 e. The molecule has 3 rings (SSSR count). The molecule has 0 saturated carbocycles. The van der Waals surface area contributed by atoms with Crippen LogP contribution in [-0.2, 0) is 5.72 Å². The molecule has 2 aromatic rings. The molecule has 146 valence electrons. The highest BCUT2D eigenvalue weighted by atomic mass is 35.5. The van der Waals surface area contributed by atoms with Crippen LogP contribution in [0.1, 0.15) is 22.3 Å². The van der Waals surface area contributed by atoms with Crippen molar-refractivity contribution in [3.8, 4) is 0 Å². The third-order valence-electron chi connectivity index (χ3n) is 4.14. The molecule has 7 nitrogen and oxygen atoms in total. The molecule has 0 radical (unpaired) electrons. The molecule has 11 heteroatoms. The van der Waals surface area contributed by atoms with Gasteiger partial charge in [-0.15, -0.1) is 0 Å². The Hall–Kier alpha value is -2.98. The molecule has 0 saturated heterocycles. The van der Waals surface area contributed by atoms with Gasteiger partial charge in [-0.2, -0.15) is 23.3 Å². The second kappa shape index (κ2) is 6.88. The quantitative estimate of drug-likeness (QED) is 0.610. The van der Waals surface area contributed by atoms with E-state index in [-0.39, 0.29) is 15.6 Å². The monoisotopic (exact) mass is 413 g/mol. The van der Waals surface area contributed by atoms with Crippen LogP contribution in [-0.4, -0.2) is 32.8 Å². The predicted octanol–water partition coefficient (Wildman–Crippen LogP) is 3.86. The number of carbonyl (C=O) groups excluding carboxylic acids is 1. The van der Waals surface area contributed by atoms with E-state index >= 15 is 0 Å². The second-order valence-electron chi connectivity index (χ2n) is 5.94. The van der Waals surface area contributed by atoms with Gasteiger partial charge in [-0.1, -0.05) is 35.9 Å². The zero-order valence-corrected chi connectivity index (χ0v) is 14.6. The number of nitrogens with zero attached hydrogens (tertiary/aromatic N) is 3. The Morgan fingerprint density at radius 3 is 2.39 bits per heavy atom. The summed E-state index contributed by atoms with van der Waals surface area (Å²) in [6.07, 6.45) is -5.94. The number of alkyl halides is 3. The number of hydrogen-bond acceptors (Lipinski definition) is 5. The molecular formula is C17H11ClF3N3O4. The molecule has 1 atom stereocenters. The van der Waals surface area contributed by atoms with Crippen LogP contribution >= 0.6 is 11.6 Å². The summed E-state index contributed by atoms with van der Waals surface area (Å²) in [5, 5.41) is 25.9. The Labute approximate surface area is 160 Å². The van der Waals surface area contributed by atoms with E-state index in [2.05, 4.69) is 5.10 Å². The third-order valence-corrected chi connectivity index (χ3v) is 4.39. The fourth-order valence-corrected chi connectivity index (χ4v) is 2.91. The van der Waals surface area contributed by atoms with Crippen LogP contribution in [0.2, 0.25) is 5.02 Å². The first-order chi connectivity index (χ1) is 13.0. The zero-order valence-electron chi connectivity index (χ0n) is 13.9. The van der Waals surface area contributed by atoms with Gasteiger partial charge in [-0.25, -0.2) is 0 Å². The number of nitro groups is 1. The zero-order chi connectivity index (χ0) is 20.7. The minimum atomic E-state index is -4.90. The van der Waals surface area contributed by atoms with E-state index in [1.165, 1.54) is 36.4 Å². The van der Waals surface area contributed by atoms with Crippen LogP contribution in [0.25, 0.3) is 0 Å². The number of nitro benzene ring substituents is 1. The van der Waals surface area contributed by atoms with Crippen molar-refractivity contribution in [3.05, 3.63) is 74.8 Å². The van der Waals surface area contributed by atoms with E-state index < -0.39 is 46.1 Å². The number of para-hydroxylation sites is 1. The van der Waals surface area contributed by atoms with Crippen LogP contribution in [0.3, 0.4) is 0 Å². The average molecular weight is 414 g/mol. The van der Waals surface area contributed by atoms with Gasteiger partial charge < -0.3 is 5.11 Å². The van der Waals surface area contributed by atoms with Crippen LogP contribution in [0, 0.1) is 10.1 Å². The molecule has 0 unspecified atom stereocenters. The van der Waals surface area contributed by atoms with Gasteiger partial charge in [0.1, 0.15) is 11.3 Å². The minimum absolute atomic E-state index is 0.0770. The maximum absolute atomic E-state index is 13.2. The fourth-order valence-electron chi connectivity index (χ4n) is 2.79. The number of hydrazone groups is 1. The molecule has 28 heavy (non-hydrogen) atoms. The third kappa shape index (κ3) is 3.43.